The molecule has 0 saturated carbocycles. The highest BCUT2D eigenvalue weighted by molar-refractivity contribution is 7.96. The normalized spacial score (nSPS) is 10.4. The van der Waals surface area contributed by atoms with Crippen LogP contribution < -0.4 is 4.72 Å². The van der Waals surface area contributed by atoms with Crippen molar-refractivity contribution in [3.63, 3.8) is 0 Å². The lowest BCUT2D eigenvalue weighted by Crippen LogP contribution is -2.12. The molecule has 0 aliphatic heterocycles. The van der Waals surface area contributed by atoms with Crippen molar-refractivity contribution in [2.75, 3.05) is 19.8 Å². The molecule has 0 aliphatic rings. The van der Waals surface area contributed by atoms with Crippen molar-refractivity contribution in [1.82, 2.24) is 4.72 Å². The van der Waals surface area contributed by atoms with Gasteiger partial charge in [0.2, 0.25) is 0 Å². The Hall–Kier alpha value is -0.510. The van der Waals surface area contributed by atoms with Crippen molar-refractivity contribution < 1.29 is 4.74 Å². The minimum atomic E-state index is 0.790. The average Bonchev–Trinajstić information content (AvgIpc) is 2.25. The van der Waals surface area contributed by atoms with Gasteiger partial charge in [-0.2, -0.15) is 0 Å². The van der Waals surface area contributed by atoms with Crippen LogP contribution in [0.3, 0.4) is 0 Å². The summed E-state index contributed by atoms with van der Waals surface area (Å²) in [7, 11) is 0. The maximum absolute atomic E-state index is 5.21. The van der Waals surface area contributed by atoms with E-state index >= 15 is 0 Å². The van der Waals surface area contributed by atoms with Crippen LogP contribution in [0.4, 0.5) is 0 Å². The molecule has 0 spiro atoms. The quantitative estimate of drug-likeness (QED) is 0.553. The zero-order valence-corrected chi connectivity index (χ0v) is 9.35. The molecule has 2 nitrogen and oxygen atoms in total. The van der Waals surface area contributed by atoms with Crippen LogP contribution in [-0.2, 0) is 10.5 Å². The number of hydrogen-bond acceptors (Lipinski definition) is 3. The van der Waals surface area contributed by atoms with Gasteiger partial charge in [-0.15, -0.1) is 0 Å². The van der Waals surface area contributed by atoms with Gasteiger partial charge in [0.1, 0.15) is 0 Å². The number of hydrogen-bond donors (Lipinski definition) is 1. The molecular formula is C11H17NOS. The van der Waals surface area contributed by atoms with E-state index in [0.717, 1.165) is 25.5 Å². The highest BCUT2D eigenvalue weighted by Crippen LogP contribution is 2.07. The molecule has 3 heteroatoms. The van der Waals surface area contributed by atoms with Crippen LogP contribution in [0.1, 0.15) is 12.5 Å². The van der Waals surface area contributed by atoms with Crippen LogP contribution in [0.25, 0.3) is 0 Å². The summed E-state index contributed by atoms with van der Waals surface area (Å²) in [4.78, 5) is 0. The molecule has 0 radical (unpaired) electrons. The molecule has 0 unspecified atom stereocenters. The zero-order valence-electron chi connectivity index (χ0n) is 8.53. The van der Waals surface area contributed by atoms with Gasteiger partial charge >= 0.3 is 0 Å². The fraction of sp³-hybridized carbons (Fsp3) is 0.455. The molecule has 0 atom stereocenters. The van der Waals surface area contributed by atoms with Crippen LogP contribution in [-0.4, -0.2) is 19.8 Å². The van der Waals surface area contributed by atoms with E-state index in [4.69, 9.17) is 4.74 Å². The van der Waals surface area contributed by atoms with Gasteiger partial charge in [0.25, 0.3) is 0 Å². The lowest BCUT2D eigenvalue weighted by molar-refractivity contribution is 0.153. The van der Waals surface area contributed by atoms with Gasteiger partial charge in [-0.25, -0.2) is 0 Å². The molecule has 0 bridgehead atoms. The highest BCUT2D eigenvalue weighted by atomic mass is 32.2. The highest BCUT2D eigenvalue weighted by Gasteiger charge is 1.91. The molecule has 0 amide bonds. The van der Waals surface area contributed by atoms with E-state index in [9.17, 15) is 0 Å². The summed E-state index contributed by atoms with van der Waals surface area (Å²) in [5.74, 6) is 1.01. The first-order valence-corrected chi connectivity index (χ1v) is 5.88. The minimum absolute atomic E-state index is 0.790. The van der Waals surface area contributed by atoms with E-state index in [-0.39, 0.29) is 0 Å². The molecule has 0 heterocycles. The third kappa shape index (κ3) is 5.27. The van der Waals surface area contributed by atoms with E-state index < -0.39 is 0 Å². The Kier molecular flexibility index (Phi) is 6.49. The first-order valence-electron chi connectivity index (χ1n) is 4.90. The second-order valence-electron chi connectivity index (χ2n) is 2.87. The fourth-order valence-corrected chi connectivity index (χ4v) is 1.73. The van der Waals surface area contributed by atoms with E-state index in [1.165, 1.54) is 5.56 Å². The maximum Gasteiger partial charge on any atom is 0.0600 e. The average molecular weight is 211 g/mol. The number of benzene rings is 1. The van der Waals surface area contributed by atoms with Crippen molar-refractivity contribution in [2.45, 2.75) is 12.7 Å². The summed E-state index contributed by atoms with van der Waals surface area (Å²) in [5, 5.41) is 0. The molecule has 1 aromatic carbocycles. The predicted molar refractivity (Wildman–Crippen MR) is 62.2 cm³/mol. The Bertz CT molecular complexity index is 228. The molecule has 0 fully saturated rings. The summed E-state index contributed by atoms with van der Waals surface area (Å²) < 4.78 is 8.47. The Morgan fingerprint density at radius 1 is 1.29 bits per heavy atom. The van der Waals surface area contributed by atoms with Gasteiger partial charge in [-0.1, -0.05) is 42.3 Å². The number of nitrogens with one attached hydrogen (secondary N) is 1. The molecular weight excluding hydrogens is 194 g/mol. The van der Waals surface area contributed by atoms with Crippen LogP contribution in [0.5, 0.6) is 0 Å². The number of ether oxygens (including phenoxy) is 1. The van der Waals surface area contributed by atoms with Crippen molar-refractivity contribution in [3.8, 4) is 0 Å². The summed E-state index contributed by atoms with van der Waals surface area (Å²) in [6, 6.07) is 10.4. The van der Waals surface area contributed by atoms with Crippen LogP contribution in [0.2, 0.25) is 0 Å². The SMILES string of the molecule is CCOCCNSCc1ccccc1. The third-order valence-corrected chi connectivity index (χ3v) is 2.62. The lowest BCUT2D eigenvalue weighted by atomic mass is 10.2. The minimum Gasteiger partial charge on any atom is -0.380 e. The molecule has 0 saturated heterocycles. The topological polar surface area (TPSA) is 21.3 Å². The molecule has 14 heavy (non-hydrogen) atoms. The summed E-state index contributed by atoms with van der Waals surface area (Å²) >= 11 is 1.73. The van der Waals surface area contributed by atoms with Crippen molar-refractivity contribution in [3.05, 3.63) is 35.9 Å². The molecule has 1 N–H and O–H groups in total. The molecule has 0 aromatic heterocycles. The maximum atomic E-state index is 5.21. The first-order chi connectivity index (χ1) is 6.93. The predicted octanol–water partition coefficient (Wildman–Crippen LogP) is 2.46. The van der Waals surface area contributed by atoms with Gasteiger partial charge in [0.15, 0.2) is 0 Å². The van der Waals surface area contributed by atoms with E-state index in [1.807, 2.05) is 13.0 Å². The second-order valence-corrected chi connectivity index (χ2v) is 3.73. The monoisotopic (exact) mass is 211 g/mol. The third-order valence-electron chi connectivity index (χ3n) is 1.74. The Labute approximate surface area is 90.2 Å². The van der Waals surface area contributed by atoms with Crippen molar-refractivity contribution >= 4 is 11.9 Å². The van der Waals surface area contributed by atoms with Crippen LogP contribution in [0.15, 0.2) is 30.3 Å². The fourth-order valence-electron chi connectivity index (χ4n) is 1.04. The number of rotatable bonds is 7. The Balaban J connectivity index is 1.99. The Morgan fingerprint density at radius 2 is 2.07 bits per heavy atom. The molecule has 1 rings (SSSR count). The molecule has 1 aromatic rings. The standard InChI is InChI=1S/C11H17NOS/c1-2-13-9-8-12-14-10-11-6-4-3-5-7-11/h3-7,12H,2,8-10H2,1H3. The first kappa shape index (κ1) is 11.6. The summed E-state index contributed by atoms with van der Waals surface area (Å²) in [6.07, 6.45) is 0. The molecule has 0 aliphatic carbocycles. The van der Waals surface area contributed by atoms with Gasteiger partial charge in [0.05, 0.1) is 6.61 Å². The van der Waals surface area contributed by atoms with Crippen LogP contribution >= 0.6 is 11.9 Å². The van der Waals surface area contributed by atoms with Crippen LogP contribution in [0, 0.1) is 0 Å². The Morgan fingerprint density at radius 3 is 2.79 bits per heavy atom. The second kappa shape index (κ2) is 7.85. The van der Waals surface area contributed by atoms with E-state index in [1.54, 1.807) is 11.9 Å². The lowest BCUT2D eigenvalue weighted by Gasteiger charge is -2.03. The molecule has 78 valence electrons. The van der Waals surface area contributed by atoms with Gasteiger partial charge in [-0.3, -0.25) is 4.72 Å². The smallest absolute Gasteiger partial charge is 0.0600 e. The van der Waals surface area contributed by atoms with Gasteiger partial charge < -0.3 is 4.74 Å². The van der Waals surface area contributed by atoms with Gasteiger partial charge in [0, 0.05) is 18.9 Å². The van der Waals surface area contributed by atoms with Crippen molar-refractivity contribution in [2.24, 2.45) is 0 Å². The summed E-state index contributed by atoms with van der Waals surface area (Å²) in [6.45, 7) is 4.51. The van der Waals surface area contributed by atoms with E-state index in [0.29, 0.717) is 0 Å². The van der Waals surface area contributed by atoms with Crippen molar-refractivity contribution in [1.29, 1.82) is 0 Å². The largest absolute Gasteiger partial charge is 0.380 e. The van der Waals surface area contributed by atoms with E-state index in [2.05, 4.69) is 29.0 Å². The summed E-state index contributed by atoms with van der Waals surface area (Å²) in [5.41, 5.74) is 1.35. The zero-order chi connectivity index (χ0) is 10.1. The van der Waals surface area contributed by atoms with Gasteiger partial charge in [-0.05, 0) is 12.5 Å².